The molecule has 0 aromatic carbocycles. The lowest BCUT2D eigenvalue weighted by Gasteiger charge is -2.29. The minimum Gasteiger partial charge on any atom is -0.368 e. The standard InChI is InChI=1S/C24H27F2N7O2/c1-14-17-13-29-23(30-19-6-5-16(12-28-19)32-10-8-27-9-11-32)31-21(17)33(22(35)20(14)15(2)34)18-4-3-7-24(18,25)26/h5-6,12-13,18,27H,3-4,7-11H2,1-2H3,(H,28,29,30,31)/t18-/m0/s1. The summed E-state index contributed by atoms with van der Waals surface area (Å²) in [5.41, 5.74) is 0.632. The molecule has 0 radical (unpaired) electrons. The maximum atomic E-state index is 14.8. The lowest BCUT2D eigenvalue weighted by Crippen LogP contribution is -2.43. The molecule has 1 saturated heterocycles. The van der Waals surface area contributed by atoms with Gasteiger partial charge < -0.3 is 15.5 Å². The van der Waals surface area contributed by atoms with Crippen molar-refractivity contribution >= 4 is 34.3 Å². The second-order valence-electron chi connectivity index (χ2n) is 9.09. The number of nitrogens with one attached hydrogen (secondary N) is 2. The van der Waals surface area contributed by atoms with Crippen LogP contribution in [0.15, 0.2) is 29.3 Å². The van der Waals surface area contributed by atoms with E-state index in [1.165, 1.54) is 13.1 Å². The van der Waals surface area contributed by atoms with E-state index in [1.807, 2.05) is 6.07 Å². The van der Waals surface area contributed by atoms with E-state index in [0.29, 0.717) is 16.8 Å². The van der Waals surface area contributed by atoms with Crippen molar-refractivity contribution in [2.45, 2.75) is 45.1 Å². The molecule has 1 atom stereocenters. The highest BCUT2D eigenvalue weighted by atomic mass is 19.3. The molecule has 4 heterocycles. The van der Waals surface area contributed by atoms with E-state index >= 15 is 0 Å². The number of pyridine rings is 2. The summed E-state index contributed by atoms with van der Waals surface area (Å²) in [6.45, 7) is 6.50. The molecule has 1 aliphatic carbocycles. The first-order chi connectivity index (χ1) is 16.8. The quantitative estimate of drug-likeness (QED) is 0.533. The Labute approximate surface area is 200 Å². The van der Waals surface area contributed by atoms with E-state index in [9.17, 15) is 18.4 Å². The van der Waals surface area contributed by atoms with Crippen LogP contribution in [0.25, 0.3) is 11.0 Å². The molecule has 2 N–H and O–H groups in total. The van der Waals surface area contributed by atoms with Crippen LogP contribution in [0.3, 0.4) is 0 Å². The molecule has 2 aliphatic rings. The van der Waals surface area contributed by atoms with Gasteiger partial charge in [0.15, 0.2) is 5.78 Å². The van der Waals surface area contributed by atoms with Crippen molar-refractivity contribution in [1.82, 2.24) is 24.8 Å². The van der Waals surface area contributed by atoms with E-state index in [4.69, 9.17) is 0 Å². The minimum absolute atomic E-state index is 0.0824. The van der Waals surface area contributed by atoms with Crippen LogP contribution >= 0.6 is 0 Å². The molecule has 3 aromatic heterocycles. The first kappa shape index (κ1) is 23.3. The number of alkyl halides is 2. The second kappa shape index (κ2) is 8.95. The van der Waals surface area contributed by atoms with E-state index in [2.05, 4.69) is 30.5 Å². The van der Waals surface area contributed by atoms with Crippen LogP contribution in [0.4, 0.5) is 26.2 Å². The third-order valence-corrected chi connectivity index (χ3v) is 6.82. The van der Waals surface area contributed by atoms with Crippen LogP contribution in [-0.2, 0) is 0 Å². The fourth-order valence-electron chi connectivity index (χ4n) is 5.01. The van der Waals surface area contributed by atoms with Gasteiger partial charge >= 0.3 is 0 Å². The Kier molecular flexibility index (Phi) is 5.96. The van der Waals surface area contributed by atoms with Crippen LogP contribution in [0, 0.1) is 6.92 Å². The second-order valence-corrected chi connectivity index (χ2v) is 9.09. The van der Waals surface area contributed by atoms with Gasteiger partial charge in [-0.2, -0.15) is 4.98 Å². The molecule has 0 unspecified atom stereocenters. The number of hydrogen-bond acceptors (Lipinski definition) is 8. The number of ketones is 1. The highest BCUT2D eigenvalue weighted by Crippen LogP contribution is 2.44. The summed E-state index contributed by atoms with van der Waals surface area (Å²) in [6.07, 6.45) is 3.32. The first-order valence-electron chi connectivity index (χ1n) is 11.8. The van der Waals surface area contributed by atoms with Gasteiger partial charge in [-0.3, -0.25) is 14.2 Å². The van der Waals surface area contributed by atoms with Gasteiger partial charge in [-0.25, -0.2) is 18.7 Å². The van der Waals surface area contributed by atoms with Crippen molar-refractivity contribution in [1.29, 1.82) is 0 Å². The molecule has 0 spiro atoms. The molecule has 0 amide bonds. The molecule has 0 bridgehead atoms. The summed E-state index contributed by atoms with van der Waals surface area (Å²) >= 11 is 0. The summed E-state index contributed by atoms with van der Waals surface area (Å²) in [7, 11) is 0. The van der Waals surface area contributed by atoms with E-state index < -0.39 is 23.3 Å². The predicted molar refractivity (Wildman–Crippen MR) is 129 cm³/mol. The van der Waals surface area contributed by atoms with Crippen molar-refractivity contribution < 1.29 is 13.6 Å². The Balaban J connectivity index is 1.55. The van der Waals surface area contributed by atoms with Crippen LogP contribution < -0.4 is 21.1 Å². The molecule has 35 heavy (non-hydrogen) atoms. The van der Waals surface area contributed by atoms with Gasteiger partial charge in [0.05, 0.1) is 17.4 Å². The minimum atomic E-state index is -3.07. The van der Waals surface area contributed by atoms with Crippen molar-refractivity contribution in [2.24, 2.45) is 0 Å². The van der Waals surface area contributed by atoms with Crippen LogP contribution in [-0.4, -0.2) is 57.4 Å². The normalized spacial score (nSPS) is 19.8. The zero-order valence-corrected chi connectivity index (χ0v) is 19.6. The Hall–Kier alpha value is -3.47. The number of aromatic nitrogens is 4. The van der Waals surface area contributed by atoms with Crippen LogP contribution in [0.5, 0.6) is 0 Å². The number of aryl methyl sites for hydroxylation is 1. The molecule has 3 aromatic rings. The van der Waals surface area contributed by atoms with Crippen molar-refractivity contribution in [3.8, 4) is 0 Å². The summed E-state index contributed by atoms with van der Waals surface area (Å²) in [4.78, 5) is 41.0. The molecule has 9 nitrogen and oxygen atoms in total. The predicted octanol–water partition coefficient (Wildman–Crippen LogP) is 3.21. The summed E-state index contributed by atoms with van der Waals surface area (Å²) in [6, 6.07) is 2.38. The number of halogens is 2. The highest BCUT2D eigenvalue weighted by molar-refractivity contribution is 5.99. The fraction of sp³-hybridized carbons (Fsp3) is 0.458. The molecule has 184 valence electrons. The molecule has 11 heteroatoms. The fourth-order valence-corrected chi connectivity index (χ4v) is 5.01. The maximum absolute atomic E-state index is 14.8. The molecular weight excluding hydrogens is 456 g/mol. The molecule has 1 aliphatic heterocycles. The lowest BCUT2D eigenvalue weighted by atomic mass is 10.0. The lowest BCUT2D eigenvalue weighted by molar-refractivity contribution is -0.0305. The zero-order chi connectivity index (χ0) is 24.7. The number of carbonyl (C=O) groups is 1. The average Bonchev–Trinajstić information content (AvgIpc) is 3.18. The van der Waals surface area contributed by atoms with Gasteiger partial charge in [-0.15, -0.1) is 0 Å². The summed E-state index contributed by atoms with van der Waals surface area (Å²) in [5, 5.41) is 6.71. The number of carbonyl (C=O) groups excluding carboxylic acids is 1. The van der Waals surface area contributed by atoms with Gasteiger partial charge in [0.25, 0.3) is 11.5 Å². The third-order valence-electron chi connectivity index (χ3n) is 6.82. The van der Waals surface area contributed by atoms with Gasteiger partial charge in [-0.05, 0) is 44.4 Å². The number of piperazine rings is 1. The van der Waals surface area contributed by atoms with Crippen molar-refractivity contribution in [3.63, 3.8) is 0 Å². The number of Topliss-reactive ketones (excluding diaryl/α,β-unsaturated/α-hetero) is 1. The Morgan fingerprint density at radius 2 is 1.97 bits per heavy atom. The number of rotatable bonds is 5. The van der Waals surface area contributed by atoms with Crippen molar-refractivity contribution in [3.05, 3.63) is 46.0 Å². The summed E-state index contributed by atoms with van der Waals surface area (Å²) in [5.74, 6) is -2.93. The van der Waals surface area contributed by atoms with Gasteiger partial charge in [-0.1, -0.05) is 0 Å². The largest absolute Gasteiger partial charge is 0.368 e. The highest BCUT2D eigenvalue weighted by Gasteiger charge is 2.46. The first-order valence-corrected chi connectivity index (χ1v) is 11.8. The van der Waals surface area contributed by atoms with Gasteiger partial charge in [0.1, 0.15) is 17.5 Å². The number of hydrogen-bond donors (Lipinski definition) is 2. The van der Waals surface area contributed by atoms with E-state index in [-0.39, 0.29) is 36.4 Å². The topological polar surface area (TPSA) is 105 Å². The summed E-state index contributed by atoms with van der Waals surface area (Å²) < 4.78 is 30.5. The maximum Gasteiger partial charge on any atom is 0.268 e. The third kappa shape index (κ3) is 4.24. The van der Waals surface area contributed by atoms with Gasteiger partial charge in [0, 0.05) is 44.2 Å². The average molecular weight is 484 g/mol. The monoisotopic (exact) mass is 483 g/mol. The Morgan fingerprint density at radius 3 is 2.60 bits per heavy atom. The molecule has 5 rings (SSSR count). The number of anilines is 3. The Bertz CT molecular complexity index is 1330. The molecule has 1 saturated carbocycles. The van der Waals surface area contributed by atoms with E-state index in [0.717, 1.165) is 36.4 Å². The van der Waals surface area contributed by atoms with Crippen LogP contribution in [0.2, 0.25) is 0 Å². The van der Waals surface area contributed by atoms with Crippen molar-refractivity contribution in [2.75, 3.05) is 36.4 Å². The Morgan fingerprint density at radius 1 is 1.20 bits per heavy atom. The zero-order valence-electron chi connectivity index (χ0n) is 19.6. The smallest absolute Gasteiger partial charge is 0.268 e. The SMILES string of the molecule is CC(=O)c1c(C)c2cnc(Nc3ccc(N4CCNCC4)cn3)nc2n([C@H]2CCCC2(F)F)c1=O. The molecular formula is C24H27F2N7O2. The molecule has 2 fully saturated rings. The van der Waals surface area contributed by atoms with Gasteiger partial charge in [0.2, 0.25) is 5.95 Å². The van der Waals surface area contributed by atoms with E-state index in [1.54, 1.807) is 19.2 Å². The number of fused-ring (bicyclic) bond motifs is 1. The number of nitrogens with zero attached hydrogens (tertiary/aromatic N) is 5. The van der Waals surface area contributed by atoms with Crippen LogP contribution in [0.1, 0.15) is 48.1 Å².